The third-order valence-electron chi connectivity index (χ3n) is 4.53. The van der Waals surface area contributed by atoms with Crippen LogP contribution in [0.2, 0.25) is 0 Å². The Kier molecular flexibility index (Phi) is 6.42. The number of amides is 1. The van der Waals surface area contributed by atoms with Gasteiger partial charge < -0.3 is 19.2 Å². The number of methoxy groups -OCH3 is 1. The first-order chi connectivity index (χ1) is 15.6. The van der Waals surface area contributed by atoms with Crippen LogP contribution in [0.25, 0.3) is 17.4 Å². The van der Waals surface area contributed by atoms with Gasteiger partial charge in [-0.3, -0.25) is 4.79 Å². The number of ether oxygens (including phenoxy) is 2. The number of nitrogens with zero attached hydrogens (tertiary/aromatic N) is 1. The van der Waals surface area contributed by atoms with Gasteiger partial charge in [-0.2, -0.15) is 0 Å². The number of thioether (sulfide) groups is 1. The van der Waals surface area contributed by atoms with Crippen molar-refractivity contribution in [3.8, 4) is 17.1 Å². The lowest BCUT2D eigenvalue weighted by Crippen LogP contribution is -2.19. The number of aliphatic imine (C=N–C) groups is 1. The fourth-order valence-corrected chi connectivity index (χ4v) is 3.89. The molecule has 1 N–H and O–H groups in total. The second kappa shape index (κ2) is 9.57. The van der Waals surface area contributed by atoms with Gasteiger partial charge in [-0.25, -0.2) is 9.79 Å². The van der Waals surface area contributed by atoms with Crippen molar-refractivity contribution in [2.24, 2.45) is 4.99 Å². The number of nitrogens with one attached hydrogen (secondary N) is 1. The van der Waals surface area contributed by atoms with E-state index in [1.807, 2.05) is 37.3 Å². The maximum absolute atomic E-state index is 12.4. The van der Waals surface area contributed by atoms with Gasteiger partial charge in [-0.1, -0.05) is 18.2 Å². The van der Waals surface area contributed by atoms with Gasteiger partial charge >= 0.3 is 5.97 Å². The molecule has 1 aromatic heterocycles. The summed E-state index contributed by atoms with van der Waals surface area (Å²) in [6, 6.07) is 17.8. The van der Waals surface area contributed by atoms with Gasteiger partial charge in [0.2, 0.25) is 0 Å². The minimum Gasteiger partial charge on any atom is -0.494 e. The summed E-state index contributed by atoms with van der Waals surface area (Å²) >= 11 is 1.22. The molecule has 3 aromatic rings. The molecule has 162 valence electrons. The summed E-state index contributed by atoms with van der Waals surface area (Å²) in [7, 11) is 1.33. The molecule has 0 atom stereocenters. The molecule has 1 aliphatic rings. The Morgan fingerprint density at radius 3 is 2.66 bits per heavy atom. The van der Waals surface area contributed by atoms with Crippen LogP contribution >= 0.6 is 11.8 Å². The van der Waals surface area contributed by atoms with Gasteiger partial charge in [0.05, 0.1) is 29.9 Å². The van der Waals surface area contributed by atoms with E-state index in [1.54, 1.807) is 36.4 Å². The molecule has 32 heavy (non-hydrogen) atoms. The van der Waals surface area contributed by atoms with E-state index >= 15 is 0 Å². The average Bonchev–Trinajstić information content (AvgIpc) is 3.41. The van der Waals surface area contributed by atoms with Crippen LogP contribution in [0.15, 0.2) is 75.0 Å². The fourth-order valence-electron chi connectivity index (χ4n) is 3.07. The van der Waals surface area contributed by atoms with Crippen molar-refractivity contribution in [2.75, 3.05) is 13.7 Å². The number of furan rings is 1. The highest BCUT2D eigenvalue weighted by atomic mass is 32.2. The molecule has 2 aromatic carbocycles. The van der Waals surface area contributed by atoms with Gasteiger partial charge in [0.15, 0.2) is 5.17 Å². The molecule has 0 unspecified atom stereocenters. The first-order valence-corrected chi connectivity index (χ1v) is 10.7. The second-order valence-electron chi connectivity index (χ2n) is 6.65. The fraction of sp³-hybridized carbons (Fsp3) is 0.125. The number of carbonyl (C=O) groups is 2. The third kappa shape index (κ3) is 4.76. The first-order valence-electron chi connectivity index (χ1n) is 9.87. The Bertz CT molecular complexity index is 1210. The molecule has 8 heteroatoms. The average molecular weight is 449 g/mol. The van der Waals surface area contributed by atoms with Crippen molar-refractivity contribution >= 4 is 40.6 Å². The third-order valence-corrected chi connectivity index (χ3v) is 5.44. The largest absolute Gasteiger partial charge is 0.494 e. The quantitative estimate of drug-likeness (QED) is 0.420. The molecule has 0 aliphatic carbocycles. The Balaban J connectivity index is 1.53. The summed E-state index contributed by atoms with van der Waals surface area (Å²) in [6.07, 6.45) is 1.64. The van der Waals surface area contributed by atoms with Crippen molar-refractivity contribution in [3.05, 3.63) is 76.9 Å². The highest BCUT2D eigenvalue weighted by Gasteiger charge is 2.24. The summed E-state index contributed by atoms with van der Waals surface area (Å²) in [5.41, 5.74) is 1.73. The van der Waals surface area contributed by atoms with Gasteiger partial charge in [0, 0.05) is 11.6 Å². The molecule has 0 saturated carbocycles. The number of carbonyl (C=O) groups excluding carboxylic acids is 2. The van der Waals surface area contributed by atoms with Crippen molar-refractivity contribution in [1.82, 2.24) is 5.32 Å². The Hall–Kier alpha value is -3.78. The van der Waals surface area contributed by atoms with Gasteiger partial charge in [-0.15, -0.1) is 0 Å². The van der Waals surface area contributed by atoms with Crippen molar-refractivity contribution in [3.63, 3.8) is 0 Å². The van der Waals surface area contributed by atoms with Crippen LogP contribution in [0.5, 0.6) is 5.75 Å². The second-order valence-corrected chi connectivity index (χ2v) is 7.68. The Morgan fingerprint density at radius 1 is 1.12 bits per heavy atom. The summed E-state index contributed by atoms with van der Waals surface area (Å²) < 4.78 is 16.1. The monoisotopic (exact) mass is 448 g/mol. The SMILES string of the molecule is CCOc1ccc(N=C2NC(=O)/C(=C\c3ccc(-c4ccccc4C(=O)OC)o3)S2)cc1. The zero-order valence-corrected chi connectivity index (χ0v) is 18.3. The van der Waals surface area contributed by atoms with E-state index in [2.05, 4.69) is 10.3 Å². The van der Waals surface area contributed by atoms with E-state index < -0.39 is 5.97 Å². The van der Waals surface area contributed by atoms with Crippen LogP contribution in [0, 0.1) is 0 Å². The molecule has 1 aliphatic heterocycles. The lowest BCUT2D eigenvalue weighted by Gasteiger charge is -2.04. The molecule has 1 saturated heterocycles. The molecule has 4 rings (SSSR count). The summed E-state index contributed by atoms with van der Waals surface area (Å²) in [6.45, 7) is 2.52. The van der Waals surface area contributed by atoms with E-state index in [0.29, 0.717) is 45.0 Å². The molecule has 0 radical (unpaired) electrons. The van der Waals surface area contributed by atoms with Crippen LogP contribution in [-0.4, -0.2) is 30.8 Å². The van der Waals surface area contributed by atoms with Crippen LogP contribution in [0.1, 0.15) is 23.0 Å². The Labute approximate surface area is 189 Å². The van der Waals surface area contributed by atoms with E-state index in [0.717, 1.165) is 5.75 Å². The number of hydrogen-bond donors (Lipinski definition) is 1. The van der Waals surface area contributed by atoms with E-state index in [9.17, 15) is 9.59 Å². The van der Waals surface area contributed by atoms with Crippen molar-refractivity contribution < 1.29 is 23.5 Å². The number of hydrogen-bond acceptors (Lipinski definition) is 7. The predicted octanol–water partition coefficient (Wildman–Crippen LogP) is 5.02. The zero-order valence-electron chi connectivity index (χ0n) is 17.5. The topological polar surface area (TPSA) is 90.1 Å². The summed E-state index contributed by atoms with van der Waals surface area (Å²) in [4.78, 5) is 29.3. The molecule has 1 amide bonds. The van der Waals surface area contributed by atoms with Crippen LogP contribution in [0.3, 0.4) is 0 Å². The molecule has 0 spiro atoms. The number of esters is 1. The lowest BCUT2D eigenvalue weighted by atomic mass is 10.1. The molecular formula is C24H20N2O5S. The number of benzene rings is 2. The smallest absolute Gasteiger partial charge is 0.338 e. The highest BCUT2D eigenvalue weighted by molar-refractivity contribution is 8.18. The Morgan fingerprint density at radius 2 is 1.91 bits per heavy atom. The molecular weight excluding hydrogens is 428 g/mol. The van der Waals surface area contributed by atoms with Crippen molar-refractivity contribution in [1.29, 1.82) is 0 Å². The van der Waals surface area contributed by atoms with E-state index in [4.69, 9.17) is 13.9 Å². The van der Waals surface area contributed by atoms with Crippen LogP contribution in [-0.2, 0) is 9.53 Å². The van der Waals surface area contributed by atoms with E-state index in [1.165, 1.54) is 18.9 Å². The van der Waals surface area contributed by atoms with Crippen LogP contribution in [0.4, 0.5) is 5.69 Å². The van der Waals surface area contributed by atoms with Crippen molar-refractivity contribution in [2.45, 2.75) is 6.92 Å². The van der Waals surface area contributed by atoms with Gasteiger partial charge in [0.1, 0.15) is 17.3 Å². The van der Waals surface area contributed by atoms with E-state index in [-0.39, 0.29) is 5.91 Å². The van der Waals surface area contributed by atoms with Gasteiger partial charge in [-0.05, 0) is 61.2 Å². The minimum absolute atomic E-state index is 0.257. The summed E-state index contributed by atoms with van der Waals surface area (Å²) in [5.74, 6) is 1.05. The molecule has 2 heterocycles. The number of rotatable bonds is 6. The zero-order chi connectivity index (χ0) is 22.5. The standard InChI is InChI=1S/C24H20N2O5S/c1-3-30-16-10-8-15(9-11-16)25-24-26-22(27)21(32-24)14-17-12-13-20(31-17)18-6-4-5-7-19(18)23(28)29-2/h4-14H,3H2,1-2H3,(H,25,26,27)/b21-14+. The predicted molar refractivity (Wildman–Crippen MR) is 124 cm³/mol. The molecule has 0 bridgehead atoms. The maximum Gasteiger partial charge on any atom is 0.338 e. The maximum atomic E-state index is 12.4. The highest BCUT2D eigenvalue weighted by Crippen LogP contribution is 2.31. The van der Waals surface area contributed by atoms with Crippen LogP contribution < -0.4 is 10.1 Å². The lowest BCUT2D eigenvalue weighted by molar-refractivity contribution is -0.115. The normalized spacial score (nSPS) is 15.8. The summed E-state index contributed by atoms with van der Waals surface area (Å²) in [5, 5.41) is 3.23. The number of amidine groups is 1. The first kappa shape index (κ1) is 21.5. The minimum atomic E-state index is -0.447. The molecule has 7 nitrogen and oxygen atoms in total. The molecule has 1 fully saturated rings. The van der Waals surface area contributed by atoms with Gasteiger partial charge in [0.25, 0.3) is 5.91 Å².